The third-order valence-corrected chi connectivity index (χ3v) is 3.13. The van der Waals surface area contributed by atoms with Gasteiger partial charge in [-0.1, -0.05) is 0 Å². The number of benzene rings is 1. The van der Waals surface area contributed by atoms with E-state index in [9.17, 15) is 9.59 Å². The lowest BCUT2D eigenvalue weighted by Gasteiger charge is -2.20. The van der Waals surface area contributed by atoms with E-state index in [-0.39, 0.29) is 23.5 Å². The molecule has 0 spiro atoms. The van der Waals surface area contributed by atoms with Crippen molar-refractivity contribution < 1.29 is 14.3 Å². The van der Waals surface area contributed by atoms with Gasteiger partial charge in [0.2, 0.25) is 0 Å². The van der Waals surface area contributed by atoms with Gasteiger partial charge in [-0.15, -0.1) is 0 Å². The van der Waals surface area contributed by atoms with Crippen LogP contribution in [0.3, 0.4) is 0 Å². The first-order valence-electron chi connectivity index (χ1n) is 7.20. The molecule has 2 amide bonds. The van der Waals surface area contributed by atoms with E-state index < -0.39 is 0 Å². The van der Waals surface area contributed by atoms with Crippen molar-refractivity contribution in [3.8, 4) is 0 Å². The predicted molar refractivity (Wildman–Crippen MR) is 81.3 cm³/mol. The summed E-state index contributed by atoms with van der Waals surface area (Å²) in [5.41, 5.74) is 0.965. The summed E-state index contributed by atoms with van der Waals surface area (Å²) in [7, 11) is 0. The molecule has 0 aromatic heterocycles. The lowest BCUT2D eigenvalue weighted by atomic mass is 10.1. The fraction of sp³-hybridized carbons (Fsp3) is 0.500. The van der Waals surface area contributed by atoms with Crippen LogP contribution in [-0.2, 0) is 9.53 Å². The lowest BCUT2D eigenvalue weighted by Crippen LogP contribution is -2.40. The monoisotopic (exact) mass is 290 g/mol. The number of amides is 2. The molecule has 1 atom stereocenters. The molecule has 1 aliphatic heterocycles. The minimum absolute atomic E-state index is 0.125. The van der Waals surface area contributed by atoms with Crippen LogP contribution in [0, 0.1) is 0 Å². The maximum absolute atomic E-state index is 12.0. The fourth-order valence-electron chi connectivity index (χ4n) is 2.12. The van der Waals surface area contributed by atoms with Crippen LogP contribution in [0.25, 0.3) is 0 Å². The number of hydrogen-bond acceptors (Lipinski definition) is 3. The van der Waals surface area contributed by atoms with Gasteiger partial charge in [-0.05, 0) is 57.9 Å². The molecule has 1 fully saturated rings. The number of carbonyl (C=O) groups excluding carboxylic acids is 2. The Morgan fingerprint density at radius 1 is 1.19 bits per heavy atom. The normalized spacial score (nSPS) is 18.3. The number of ether oxygens (including phenoxy) is 1. The van der Waals surface area contributed by atoms with Crippen LogP contribution >= 0.6 is 0 Å². The zero-order valence-corrected chi connectivity index (χ0v) is 12.7. The minimum atomic E-state index is -0.353. The zero-order valence-electron chi connectivity index (χ0n) is 12.7. The fourth-order valence-corrected chi connectivity index (χ4v) is 2.12. The number of rotatable bonds is 3. The van der Waals surface area contributed by atoms with Crippen LogP contribution in [0.5, 0.6) is 0 Å². The van der Waals surface area contributed by atoms with Crippen molar-refractivity contribution in [2.45, 2.75) is 45.3 Å². The third-order valence-electron chi connectivity index (χ3n) is 3.13. The van der Waals surface area contributed by atoms with Crippen molar-refractivity contribution in [3.05, 3.63) is 29.8 Å². The Labute approximate surface area is 125 Å². The first-order valence-corrected chi connectivity index (χ1v) is 7.20. The first-order chi connectivity index (χ1) is 9.85. The van der Waals surface area contributed by atoms with E-state index in [0.29, 0.717) is 17.9 Å². The minimum Gasteiger partial charge on any atom is -0.368 e. The number of anilines is 1. The lowest BCUT2D eigenvalue weighted by molar-refractivity contribution is -0.124. The summed E-state index contributed by atoms with van der Waals surface area (Å²) in [4.78, 5) is 23.9. The first kappa shape index (κ1) is 15.5. The second-order valence-electron chi connectivity index (χ2n) is 6.27. The Morgan fingerprint density at radius 3 is 2.38 bits per heavy atom. The summed E-state index contributed by atoms with van der Waals surface area (Å²) in [6.45, 7) is 6.44. The van der Waals surface area contributed by atoms with Gasteiger partial charge in [0.1, 0.15) is 6.10 Å². The molecule has 1 aromatic rings. The number of carbonyl (C=O) groups is 2. The van der Waals surface area contributed by atoms with Crippen molar-refractivity contribution in [1.82, 2.24) is 5.32 Å². The molecule has 2 N–H and O–H groups in total. The molecule has 1 unspecified atom stereocenters. The summed E-state index contributed by atoms with van der Waals surface area (Å²) in [6.07, 6.45) is 1.33. The van der Waals surface area contributed by atoms with E-state index in [2.05, 4.69) is 10.6 Å². The van der Waals surface area contributed by atoms with E-state index in [1.807, 2.05) is 20.8 Å². The Bertz CT molecular complexity index is 511. The van der Waals surface area contributed by atoms with Gasteiger partial charge >= 0.3 is 0 Å². The van der Waals surface area contributed by atoms with Crippen molar-refractivity contribution in [2.24, 2.45) is 0 Å². The van der Waals surface area contributed by atoms with Gasteiger partial charge in [0.25, 0.3) is 11.8 Å². The molecule has 0 bridgehead atoms. The van der Waals surface area contributed by atoms with Gasteiger partial charge in [-0.2, -0.15) is 0 Å². The van der Waals surface area contributed by atoms with Gasteiger partial charge < -0.3 is 15.4 Å². The van der Waals surface area contributed by atoms with Crippen molar-refractivity contribution >= 4 is 17.5 Å². The summed E-state index contributed by atoms with van der Waals surface area (Å²) in [5.74, 6) is -0.251. The van der Waals surface area contributed by atoms with Crippen LogP contribution in [0.15, 0.2) is 24.3 Å². The Morgan fingerprint density at radius 2 is 1.86 bits per heavy atom. The van der Waals surface area contributed by atoms with Crippen LogP contribution in [0.4, 0.5) is 5.69 Å². The maximum Gasteiger partial charge on any atom is 0.253 e. The smallest absolute Gasteiger partial charge is 0.253 e. The highest BCUT2D eigenvalue weighted by Gasteiger charge is 2.23. The zero-order chi connectivity index (χ0) is 15.5. The van der Waals surface area contributed by atoms with Gasteiger partial charge in [-0.3, -0.25) is 9.59 Å². The van der Waals surface area contributed by atoms with Crippen molar-refractivity contribution in [2.75, 3.05) is 11.9 Å². The van der Waals surface area contributed by atoms with Crippen LogP contribution in [0.1, 0.15) is 44.0 Å². The average molecular weight is 290 g/mol. The predicted octanol–water partition coefficient (Wildman–Crippen LogP) is 2.33. The number of nitrogens with one attached hydrogen (secondary N) is 2. The van der Waals surface area contributed by atoms with E-state index in [4.69, 9.17) is 4.74 Å². The summed E-state index contributed by atoms with van der Waals surface area (Å²) in [6, 6.07) is 6.85. The van der Waals surface area contributed by atoms with Crippen LogP contribution in [0.2, 0.25) is 0 Å². The molecule has 1 aliphatic rings. The molecule has 21 heavy (non-hydrogen) atoms. The largest absolute Gasteiger partial charge is 0.368 e. The quantitative estimate of drug-likeness (QED) is 0.898. The second-order valence-corrected chi connectivity index (χ2v) is 6.27. The van der Waals surface area contributed by atoms with E-state index in [0.717, 1.165) is 12.8 Å². The average Bonchev–Trinajstić information content (AvgIpc) is 2.91. The standard InChI is InChI=1S/C16H22N2O3/c1-16(2,3)18-14(19)11-6-8-12(9-7-11)17-15(20)13-5-4-10-21-13/h6-9,13H,4-5,10H2,1-3H3,(H,17,20)(H,18,19). The maximum atomic E-state index is 12.0. The SMILES string of the molecule is CC(C)(C)NC(=O)c1ccc(NC(=O)C2CCCO2)cc1. The third kappa shape index (κ3) is 4.56. The molecule has 5 nitrogen and oxygen atoms in total. The summed E-state index contributed by atoms with van der Waals surface area (Å²) in [5, 5.41) is 5.70. The topological polar surface area (TPSA) is 67.4 Å². The molecule has 1 saturated heterocycles. The second kappa shape index (κ2) is 6.26. The number of hydrogen-bond donors (Lipinski definition) is 2. The van der Waals surface area contributed by atoms with Gasteiger partial charge in [0.15, 0.2) is 0 Å². The highest BCUT2D eigenvalue weighted by Crippen LogP contribution is 2.16. The Balaban J connectivity index is 1.95. The molecule has 0 saturated carbocycles. The highest BCUT2D eigenvalue weighted by atomic mass is 16.5. The molecular formula is C16H22N2O3. The van der Waals surface area contributed by atoms with E-state index in [1.54, 1.807) is 24.3 Å². The molecule has 0 radical (unpaired) electrons. The Hall–Kier alpha value is -1.88. The molecule has 2 rings (SSSR count). The molecule has 5 heteroatoms. The van der Waals surface area contributed by atoms with Crippen molar-refractivity contribution in [1.29, 1.82) is 0 Å². The molecular weight excluding hydrogens is 268 g/mol. The van der Waals surface area contributed by atoms with E-state index in [1.165, 1.54) is 0 Å². The van der Waals surface area contributed by atoms with Gasteiger partial charge in [0, 0.05) is 23.4 Å². The van der Waals surface area contributed by atoms with Crippen LogP contribution in [-0.4, -0.2) is 30.1 Å². The Kier molecular flexibility index (Phi) is 4.63. The van der Waals surface area contributed by atoms with Gasteiger partial charge in [0.05, 0.1) is 0 Å². The summed E-state index contributed by atoms with van der Waals surface area (Å²) >= 11 is 0. The highest BCUT2D eigenvalue weighted by molar-refractivity contribution is 5.97. The molecule has 1 aromatic carbocycles. The molecule has 1 heterocycles. The molecule has 0 aliphatic carbocycles. The van der Waals surface area contributed by atoms with Crippen LogP contribution < -0.4 is 10.6 Å². The van der Waals surface area contributed by atoms with Gasteiger partial charge in [-0.25, -0.2) is 0 Å². The molecule has 114 valence electrons. The van der Waals surface area contributed by atoms with Crippen molar-refractivity contribution in [3.63, 3.8) is 0 Å². The summed E-state index contributed by atoms with van der Waals surface area (Å²) < 4.78 is 5.33. The van der Waals surface area contributed by atoms with E-state index >= 15 is 0 Å².